The summed E-state index contributed by atoms with van der Waals surface area (Å²) in [5.41, 5.74) is 1.85. The van der Waals surface area contributed by atoms with E-state index in [2.05, 4.69) is 0 Å². The molecule has 0 bridgehead atoms. The van der Waals surface area contributed by atoms with Crippen LogP contribution in [0.5, 0.6) is 0 Å². The number of carbonyl (C=O) groups excluding carboxylic acids is 1. The number of aliphatic carboxylic acids is 3. The van der Waals surface area contributed by atoms with Gasteiger partial charge in [0.15, 0.2) is 0 Å². The van der Waals surface area contributed by atoms with Gasteiger partial charge in [-0.2, -0.15) is 0 Å². The lowest BCUT2D eigenvalue weighted by Crippen LogP contribution is -2.46. The van der Waals surface area contributed by atoms with Crippen molar-refractivity contribution in [2.24, 2.45) is 5.84 Å². The van der Waals surface area contributed by atoms with E-state index in [-0.39, 0.29) is 19.6 Å². The summed E-state index contributed by atoms with van der Waals surface area (Å²) in [6, 6.07) is 0. The first-order valence-electron chi connectivity index (χ1n) is 5.84. The summed E-state index contributed by atoms with van der Waals surface area (Å²) >= 11 is 0. The van der Waals surface area contributed by atoms with Gasteiger partial charge in [-0.25, -0.2) is 5.84 Å². The summed E-state index contributed by atoms with van der Waals surface area (Å²) in [7, 11) is 0. The quantitative estimate of drug-likeness (QED) is 0.149. The molecule has 0 aliphatic carbocycles. The first kappa shape index (κ1) is 18.8. The lowest BCUT2D eigenvalue weighted by molar-refractivity contribution is -0.143. The second-order valence-corrected chi connectivity index (χ2v) is 4.17. The standard InChI is InChI=1S/C10H18N4O7/c11-12-7(15)3-13(4-8(16)17)1-2-14(5-9(18)19)6-10(20)21/h1-6,11H2,(H,12,15)(H,16,17)(H,18,19)(H,20,21). The zero-order valence-electron chi connectivity index (χ0n) is 11.2. The molecule has 11 nitrogen and oxygen atoms in total. The van der Waals surface area contributed by atoms with Crippen molar-refractivity contribution < 1.29 is 34.5 Å². The smallest absolute Gasteiger partial charge is 0.317 e. The highest BCUT2D eigenvalue weighted by Gasteiger charge is 2.18. The molecule has 0 aliphatic heterocycles. The number of carbonyl (C=O) groups is 4. The van der Waals surface area contributed by atoms with Crippen LogP contribution in [0.4, 0.5) is 0 Å². The van der Waals surface area contributed by atoms with Crippen LogP contribution in [0.25, 0.3) is 0 Å². The summed E-state index contributed by atoms with van der Waals surface area (Å²) in [6.07, 6.45) is 0. The molecule has 0 atom stereocenters. The molecule has 11 heteroatoms. The van der Waals surface area contributed by atoms with Crippen molar-refractivity contribution in [3.05, 3.63) is 0 Å². The second kappa shape index (κ2) is 9.63. The number of hydrogen-bond acceptors (Lipinski definition) is 7. The Bertz CT molecular complexity index is 385. The molecule has 0 spiro atoms. The molecular formula is C10H18N4O7. The average Bonchev–Trinajstić information content (AvgIpc) is 2.33. The first-order chi connectivity index (χ1) is 9.74. The van der Waals surface area contributed by atoms with Gasteiger partial charge in [0.25, 0.3) is 0 Å². The van der Waals surface area contributed by atoms with Gasteiger partial charge in [-0.05, 0) is 0 Å². The van der Waals surface area contributed by atoms with E-state index in [4.69, 9.17) is 21.2 Å². The molecule has 0 rings (SSSR count). The number of carboxylic acid groups (broad SMARTS) is 3. The SMILES string of the molecule is NNC(=O)CN(CCN(CC(=O)O)CC(=O)O)CC(=O)O. The van der Waals surface area contributed by atoms with Crippen molar-refractivity contribution in [2.75, 3.05) is 39.3 Å². The molecule has 0 aromatic rings. The third-order valence-corrected chi connectivity index (χ3v) is 2.34. The topological polar surface area (TPSA) is 173 Å². The minimum Gasteiger partial charge on any atom is -0.480 e. The van der Waals surface area contributed by atoms with Gasteiger partial charge in [0, 0.05) is 13.1 Å². The Hall–Kier alpha value is -2.24. The number of rotatable bonds is 11. The number of hydrazine groups is 1. The molecule has 0 saturated carbocycles. The van der Waals surface area contributed by atoms with E-state index in [9.17, 15) is 19.2 Å². The Labute approximate surface area is 119 Å². The molecule has 0 unspecified atom stereocenters. The number of nitrogens with two attached hydrogens (primary N) is 1. The highest BCUT2D eigenvalue weighted by molar-refractivity contribution is 5.78. The minimum atomic E-state index is -1.21. The van der Waals surface area contributed by atoms with Crippen molar-refractivity contribution in [1.82, 2.24) is 15.2 Å². The van der Waals surface area contributed by atoms with Crippen molar-refractivity contribution in [3.63, 3.8) is 0 Å². The Morgan fingerprint density at radius 3 is 1.38 bits per heavy atom. The molecule has 0 saturated heterocycles. The maximum absolute atomic E-state index is 11.1. The van der Waals surface area contributed by atoms with Crippen molar-refractivity contribution in [3.8, 4) is 0 Å². The van der Waals surface area contributed by atoms with Crippen LogP contribution in [0, 0.1) is 0 Å². The van der Waals surface area contributed by atoms with E-state index in [1.165, 1.54) is 4.90 Å². The van der Waals surface area contributed by atoms with Crippen molar-refractivity contribution in [2.45, 2.75) is 0 Å². The van der Waals surface area contributed by atoms with Gasteiger partial charge in [-0.15, -0.1) is 0 Å². The third-order valence-electron chi connectivity index (χ3n) is 2.34. The molecule has 0 aliphatic rings. The summed E-state index contributed by atoms with van der Waals surface area (Å²) in [4.78, 5) is 45.4. The molecule has 1 amide bonds. The van der Waals surface area contributed by atoms with Crippen LogP contribution in [0.3, 0.4) is 0 Å². The number of carboxylic acids is 3. The van der Waals surface area contributed by atoms with Crippen LogP contribution in [0.2, 0.25) is 0 Å². The van der Waals surface area contributed by atoms with Crippen LogP contribution in [0.1, 0.15) is 0 Å². The van der Waals surface area contributed by atoms with Crippen LogP contribution in [0.15, 0.2) is 0 Å². The fourth-order valence-corrected chi connectivity index (χ4v) is 1.53. The second-order valence-electron chi connectivity index (χ2n) is 4.17. The van der Waals surface area contributed by atoms with Gasteiger partial charge in [0.2, 0.25) is 5.91 Å². The molecule has 0 radical (unpaired) electrons. The lowest BCUT2D eigenvalue weighted by Gasteiger charge is -2.24. The summed E-state index contributed by atoms with van der Waals surface area (Å²) in [6.45, 7) is -1.78. The normalized spacial score (nSPS) is 10.6. The number of amides is 1. The predicted octanol–water partition coefficient (Wildman–Crippen LogP) is -3.17. The molecule has 0 aromatic carbocycles. The van der Waals surface area contributed by atoms with E-state index in [0.717, 1.165) is 4.90 Å². The van der Waals surface area contributed by atoms with Gasteiger partial charge >= 0.3 is 17.9 Å². The average molecular weight is 306 g/mol. The van der Waals surface area contributed by atoms with Gasteiger partial charge in [0.1, 0.15) is 0 Å². The third kappa shape index (κ3) is 10.2. The van der Waals surface area contributed by atoms with E-state index in [1.807, 2.05) is 5.43 Å². The first-order valence-corrected chi connectivity index (χ1v) is 5.84. The van der Waals surface area contributed by atoms with Gasteiger partial charge in [0.05, 0.1) is 26.2 Å². The van der Waals surface area contributed by atoms with Gasteiger partial charge in [-0.3, -0.25) is 34.4 Å². The molecular weight excluding hydrogens is 288 g/mol. The van der Waals surface area contributed by atoms with E-state index in [0.29, 0.717) is 0 Å². The fraction of sp³-hybridized carbons (Fsp3) is 0.600. The highest BCUT2D eigenvalue weighted by atomic mass is 16.4. The maximum atomic E-state index is 11.1. The fourth-order valence-electron chi connectivity index (χ4n) is 1.53. The summed E-state index contributed by atoms with van der Waals surface area (Å²) in [5.74, 6) is 0.694. The Morgan fingerprint density at radius 2 is 1.10 bits per heavy atom. The van der Waals surface area contributed by atoms with Crippen LogP contribution < -0.4 is 11.3 Å². The maximum Gasteiger partial charge on any atom is 0.317 e. The number of nitrogens with one attached hydrogen (secondary N) is 1. The van der Waals surface area contributed by atoms with E-state index in [1.54, 1.807) is 0 Å². The van der Waals surface area contributed by atoms with Crippen molar-refractivity contribution >= 4 is 23.8 Å². The molecule has 21 heavy (non-hydrogen) atoms. The van der Waals surface area contributed by atoms with Gasteiger partial charge in [-0.1, -0.05) is 0 Å². The lowest BCUT2D eigenvalue weighted by atomic mass is 10.3. The predicted molar refractivity (Wildman–Crippen MR) is 68.1 cm³/mol. The zero-order valence-corrected chi connectivity index (χ0v) is 11.2. The van der Waals surface area contributed by atoms with E-state index < -0.39 is 43.4 Å². The number of hydrogen-bond donors (Lipinski definition) is 5. The monoisotopic (exact) mass is 306 g/mol. The highest BCUT2D eigenvalue weighted by Crippen LogP contribution is 1.94. The Kier molecular flexibility index (Phi) is 8.60. The Balaban J connectivity index is 4.56. The van der Waals surface area contributed by atoms with Crippen LogP contribution >= 0.6 is 0 Å². The van der Waals surface area contributed by atoms with Gasteiger partial charge < -0.3 is 15.3 Å². The zero-order chi connectivity index (χ0) is 16.4. The molecule has 0 aromatic heterocycles. The Morgan fingerprint density at radius 1 is 0.762 bits per heavy atom. The molecule has 0 fully saturated rings. The largest absolute Gasteiger partial charge is 0.480 e. The minimum absolute atomic E-state index is 0.000278. The molecule has 6 N–H and O–H groups in total. The van der Waals surface area contributed by atoms with E-state index >= 15 is 0 Å². The number of nitrogens with zero attached hydrogens (tertiary/aromatic N) is 2. The molecule has 120 valence electrons. The van der Waals surface area contributed by atoms with Crippen molar-refractivity contribution in [1.29, 1.82) is 0 Å². The van der Waals surface area contributed by atoms with Crippen LogP contribution in [-0.2, 0) is 19.2 Å². The summed E-state index contributed by atoms with van der Waals surface area (Å²) < 4.78 is 0. The summed E-state index contributed by atoms with van der Waals surface area (Å²) in [5, 5.41) is 26.1. The van der Waals surface area contributed by atoms with Crippen LogP contribution in [-0.4, -0.2) is 88.2 Å². The molecule has 0 heterocycles.